The van der Waals surface area contributed by atoms with Crippen molar-refractivity contribution >= 4 is 18.5 Å². The first-order chi connectivity index (χ1) is 8.50. The maximum Gasteiger partial charge on any atom is 0.251 e. The molecule has 100 valence electrons. The highest BCUT2D eigenvalue weighted by Gasteiger charge is 2.07. The van der Waals surface area contributed by atoms with Crippen molar-refractivity contribution in [2.24, 2.45) is 0 Å². The van der Waals surface area contributed by atoms with Gasteiger partial charge in [0.25, 0.3) is 5.91 Å². The summed E-state index contributed by atoms with van der Waals surface area (Å²) in [5, 5.41) is 2.81. The molecule has 5 heteroatoms. The van der Waals surface area contributed by atoms with Crippen LogP contribution in [0.3, 0.4) is 0 Å². The molecule has 0 aliphatic carbocycles. The van der Waals surface area contributed by atoms with E-state index in [1.54, 1.807) is 0 Å². The topological polar surface area (TPSA) is 32.3 Å². The van der Waals surface area contributed by atoms with E-state index in [2.05, 4.69) is 22.8 Å². The first kappa shape index (κ1) is 15.0. The summed E-state index contributed by atoms with van der Waals surface area (Å²) >= 11 is 3.95. The molecule has 0 saturated carbocycles. The molecular formula is C13H19FN2OS. The van der Waals surface area contributed by atoms with Crippen molar-refractivity contribution in [2.75, 3.05) is 27.2 Å². The Balaban J connectivity index is 2.34. The zero-order valence-corrected chi connectivity index (χ0v) is 11.6. The van der Waals surface area contributed by atoms with Gasteiger partial charge in [-0.05, 0) is 51.7 Å². The van der Waals surface area contributed by atoms with Crippen LogP contribution in [0.2, 0.25) is 0 Å². The second-order valence-electron chi connectivity index (χ2n) is 4.43. The molecule has 1 N–H and O–H groups in total. The molecule has 0 aliphatic rings. The molecule has 0 unspecified atom stereocenters. The zero-order chi connectivity index (χ0) is 13.5. The van der Waals surface area contributed by atoms with E-state index in [9.17, 15) is 9.18 Å². The largest absolute Gasteiger partial charge is 0.352 e. The van der Waals surface area contributed by atoms with Gasteiger partial charge in [-0.15, -0.1) is 12.6 Å². The number of hydrogen-bond acceptors (Lipinski definition) is 3. The normalized spacial score (nSPS) is 10.7. The number of amides is 1. The first-order valence-electron chi connectivity index (χ1n) is 5.92. The van der Waals surface area contributed by atoms with E-state index >= 15 is 0 Å². The van der Waals surface area contributed by atoms with Gasteiger partial charge in [0.2, 0.25) is 0 Å². The summed E-state index contributed by atoms with van der Waals surface area (Å²) < 4.78 is 13.0. The lowest BCUT2D eigenvalue weighted by atomic mass is 10.2. The van der Waals surface area contributed by atoms with Crippen molar-refractivity contribution in [2.45, 2.75) is 17.7 Å². The van der Waals surface area contributed by atoms with Gasteiger partial charge in [0.05, 0.1) is 0 Å². The van der Waals surface area contributed by atoms with Gasteiger partial charge in [0, 0.05) is 17.0 Å². The SMILES string of the molecule is CN(C)CCCCNC(=O)c1ccc(F)c(S)c1. The Morgan fingerprint density at radius 1 is 1.39 bits per heavy atom. The van der Waals surface area contributed by atoms with E-state index < -0.39 is 5.82 Å². The van der Waals surface area contributed by atoms with E-state index in [4.69, 9.17) is 0 Å². The molecule has 0 heterocycles. The van der Waals surface area contributed by atoms with Gasteiger partial charge < -0.3 is 10.2 Å². The Hall–Kier alpha value is -1.07. The second kappa shape index (κ2) is 7.38. The van der Waals surface area contributed by atoms with E-state index in [1.165, 1.54) is 18.2 Å². The maximum atomic E-state index is 13.0. The van der Waals surface area contributed by atoms with Gasteiger partial charge in [-0.25, -0.2) is 4.39 Å². The Kier molecular flexibility index (Phi) is 6.15. The minimum Gasteiger partial charge on any atom is -0.352 e. The molecule has 1 aromatic carbocycles. The molecule has 0 atom stereocenters. The van der Waals surface area contributed by atoms with E-state index in [-0.39, 0.29) is 10.8 Å². The van der Waals surface area contributed by atoms with Crippen molar-refractivity contribution < 1.29 is 9.18 Å². The fourth-order valence-electron chi connectivity index (χ4n) is 1.51. The summed E-state index contributed by atoms with van der Waals surface area (Å²) in [6.07, 6.45) is 1.97. The molecule has 0 aromatic heterocycles. The molecule has 18 heavy (non-hydrogen) atoms. The zero-order valence-electron chi connectivity index (χ0n) is 10.7. The molecule has 0 radical (unpaired) electrons. The summed E-state index contributed by atoms with van der Waals surface area (Å²) in [6, 6.07) is 4.15. The van der Waals surface area contributed by atoms with Gasteiger partial charge >= 0.3 is 0 Å². The number of carbonyl (C=O) groups is 1. The van der Waals surface area contributed by atoms with Crippen molar-refractivity contribution in [1.29, 1.82) is 0 Å². The van der Waals surface area contributed by atoms with Crippen molar-refractivity contribution in [3.63, 3.8) is 0 Å². The minimum absolute atomic E-state index is 0.185. The van der Waals surface area contributed by atoms with Gasteiger partial charge in [-0.2, -0.15) is 0 Å². The Bertz CT molecular complexity index is 410. The van der Waals surface area contributed by atoms with E-state index in [1.807, 2.05) is 14.1 Å². The number of nitrogens with zero attached hydrogens (tertiary/aromatic N) is 1. The van der Waals surface area contributed by atoms with Crippen molar-refractivity contribution in [3.8, 4) is 0 Å². The van der Waals surface area contributed by atoms with Crippen LogP contribution in [0, 0.1) is 5.82 Å². The predicted octanol–water partition coefficient (Wildman–Crippen LogP) is 2.19. The van der Waals surface area contributed by atoms with Gasteiger partial charge in [-0.1, -0.05) is 0 Å². The molecule has 3 nitrogen and oxygen atoms in total. The third-order valence-electron chi connectivity index (χ3n) is 2.53. The average Bonchev–Trinajstić information content (AvgIpc) is 2.31. The molecule has 1 amide bonds. The number of rotatable bonds is 6. The third kappa shape index (κ3) is 5.06. The van der Waals surface area contributed by atoms with Crippen LogP contribution in [0.15, 0.2) is 23.1 Å². The number of unbranched alkanes of at least 4 members (excludes halogenated alkanes) is 1. The van der Waals surface area contributed by atoms with Gasteiger partial charge in [-0.3, -0.25) is 4.79 Å². The summed E-state index contributed by atoms with van der Waals surface area (Å²) in [7, 11) is 4.04. The molecule has 0 saturated heterocycles. The number of thiol groups is 1. The van der Waals surface area contributed by atoms with Gasteiger partial charge in [0.1, 0.15) is 5.82 Å². The molecule has 0 spiro atoms. The van der Waals surface area contributed by atoms with Crippen LogP contribution in [0.5, 0.6) is 0 Å². The molecule has 0 fully saturated rings. The number of carbonyl (C=O) groups excluding carboxylic acids is 1. The number of nitrogens with one attached hydrogen (secondary N) is 1. The highest BCUT2D eigenvalue weighted by atomic mass is 32.1. The van der Waals surface area contributed by atoms with Crippen LogP contribution >= 0.6 is 12.6 Å². The van der Waals surface area contributed by atoms with Crippen LogP contribution in [0.4, 0.5) is 4.39 Å². The predicted molar refractivity (Wildman–Crippen MR) is 73.8 cm³/mol. The third-order valence-corrected chi connectivity index (χ3v) is 2.87. The van der Waals surface area contributed by atoms with Crippen LogP contribution in [0.25, 0.3) is 0 Å². The lowest BCUT2D eigenvalue weighted by molar-refractivity contribution is 0.0952. The second-order valence-corrected chi connectivity index (χ2v) is 4.91. The molecular weight excluding hydrogens is 251 g/mol. The Morgan fingerprint density at radius 3 is 2.72 bits per heavy atom. The van der Waals surface area contributed by atoms with Crippen molar-refractivity contribution in [3.05, 3.63) is 29.6 Å². The summed E-state index contributed by atoms with van der Waals surface area (Å²) in [6.45, 7) is 1.64. The molecule has 0 aliphatic heterocycles. The maximum absolute atomic E-state index is 13.0. The van der Waals surface area contributed by atoms with Crippen LogP contribution < -0.4 is 5.32 Å². The number of halogens is 1. The lowest BCUT2D eigenvalue weighted by Crippen LogP contribution is -2.25. The Morgan fingerprint density at radius 2 is 2.11 bits per heavy atom. The highest BCUT2D eigenvalue weighted by Crippen LogP contribution is 2.14. The summed E-state index contributed by atoms with van der Waals surface area (Å²) in [5.41, 5.74) is 0.439. The summed E-state index contributed by atoms with van der Waals surface area (Å²) in [4.78, 5) is 14.0. The van der Waals surface area contributed by atoms with E-state index in [0.29, 0.717) is 12.1 Å². The molecule has 1 aromatic rings. The Labute approximate surface area is 113 Å². The van der Waals surface area contributed by atoms with E-state index in [0.717, 1.165) is 19.4 Å². The highest BCUT2D eigenvalue weighted by molar-refractivity contribution is 7.80. The monoisotopic (exact) mass is 270 g/mol. The minimum atomic E-state index is -0.416. The molecule has 0 bridgehead atoms. The quantitative estimate of drug-likeness (QED) is 0.613. The standard InChI is InChI=1S/C13H19FN2OS/c1-16(2)8-4-3-7-15-13(17)10-5-6-11(14)12(18)9-10/h5-6,9,18H,3-4,7-8H2,1-2H3,(H,15,17). The van der Waals surface area contributed by atoms with Gasteiger partial charge in [0.15, 0.2) is 0 Å². The van der Waals surface area contributed by atoms with Crippen LogP contribution in [-0.4, -0.2) is 38.0 Å². The van der Waals surface area contributed by atoms with Crippen LogP contribution in [0.1, 0.15) is 23.2 Å². The first-order valence-corrected chi connectivity index (χ1v) is 6.37. The fourth-order valence-corrected chi connectivity index (χ4v) is 1.72. The number of benzene rings is 1. The fraction of sp³-hybridized carbons (Fsp3) is 0.462. The average molecular weight is 270 g/mol. The molecule has 1 rings (SSSR count). The summed E-state index contributed by atoms with van der Waals surface area (Å²) in [5.74, 6) is -0.601. The lowest BCUT2D eigenvalue weighted by Gasteiger charge is -2.09. The van der Waals surface area contributed by atoms with Crippen LogP contribution in [-0.2, 0) is 0 Å². The van der Waals surface area contributed by atoms with Crippen molar-refractivity contribution in [1.82, 2.24) is 10.2 Å². The number of hydrogen-bond donors (Lipinski definition) is 2. The smallest absolute Gasteiger partial charge is 0.251 e.